The van der Waals surface area contributed by atoms with Crippen molar-refractivity contribution in [3.8, 4) is 16.9 Å². The van der Waals surface area contributed by atoms with Crippen LogP contribution in [0.2, 0.25) is 0 Å². The Kier molecular flexibility index (Phi) is 4.01. The summed E-state index contributed by atoms with van der Waals surface area (Å²) in [6.45, 7) is 1.92. The molecule has 0 spiro atoms. The smallest absolute Gasteiger partial charge is 0.156 e. The fourth-order valence-corrected chi connectivity index (χ4v) is 2.62. The van der Waals surface area contributed by atoms with Gasteiger partial charge in [-0.1, -0.05) is 48.5 Å². The molecule has 0 bridgehead atoms. The minimum atomic E-state index is 0.722. The average molecular weight is 327 g/mol. The predicted octanol–water partition coefficient (Wildman–Crippen LogP) is 5.19. The van der Waals surface area contributed by atoms with E-state index in [1.807, 2.05) is 90.5 Å². The maximum absolute atomic E-state index is 5.56. The lowest BCUT2D eigenvalue weighted by molar-refractivity contribution is 0.528. The third-order valence-corrected chi connectivity index (χ3v) is 3.85. The van der Waals surface area contributed by atoms with E-state index in [-0.39, 0.29) is 0 Å². The third-order valence-electron chi connectivity index (χ3n) is 3.85. The lowest BCUT2D eigenvalue weighted by atomic mass is 10.2. The zero-order valence-corrected chi connectivity index (χ0v) is 13.8. The highest BCUT2D eigenvalue weighted by Gasteiger charge is 2.10. The van der Waals surface area contributed by atoms with E-state index in [1.165, 1.54) is 0 Å². The molecule has 0 unspecified atom stereocenters. The number of para-hydroxylation sites is 1. The lowest BCUT2D eigenvalue weighted by Crippen LogP contribution is -1.96. The Hall–Kier alpha value is -3.40. The van der Waals surface area contributed by atoms with Crippen LogP contribution in [0.5, 0.6) is 0 Å². The quantitative estimate of drug-likeness (QED) is 0.484. The summed E-state index contributed by atoms with van der Waals surface area (Å²) in [6, 6.07) is 25.9. The number of nitrogens with zero attached hydrogens (tertiary/aromatic N) is 3. The molecule has 2 aromatic heterocycles. The van der Waals surface area contributed by atoms with Crippen LogP contribution >= 0.6 is 0 Å². The van der Waals surface area contributed by atoms with Gasteiger partial charge in [0.1, 0.15) is 11.5 Å². The molecule has 0 aliphatic carbocycles. The van der Waals surface area contributed by atoms with Crippen LogP contribution in [0.15, 0.2) is 88.3 Å². The molecule has 0 aliphatic rings. The fraction of sp³-hybridized carbons (Fsp3) is 0.0476. The Bertz CT molecular complexity index is 998. The normalized spacial score (nSPS) is 11.2. The number of rotatable bonds is 4. The van der Waals surface area contributed by atoms with Crippen LogP contribution in [0, 0.1) is 6.92 Å². The molecule has 0 aliphatic heterocycles. The van der Waals surface area contributed by atoms with Crippen LogP contribution in [0.1, 0.15) is 11.5 Å². The Morgan fingerprint density at radius 1 is 0.920 bits per heavy atom. The molecule has 2 aromatic carbocycles. The van der Waals surface area contributed by atoms with Crippen molar-refractivity contribution in [3.63, 3.8) is 0 Å². The second kappa shape index (κ2) is 6.61. The van der Waals surface area contributed by atoms with E-state index in [2.05, 4.69) is 4.99 Å². The Labute approximate surface area is 146 Å². The average Bonchev–Trinajstić information content (AvgIpc) is 3.28. The highest BCUT2D eigenvalue weighted by molar-refractivity contribution is 5.79. The summed E-state index contributed by atoms with van der Waals surface area (Å²) in [5.41, 5.74) is 2.90. The summed E-state index contributed by atoms with van der Waals surface area (Å²) in [7, 11) is 0. The van der Waals surface area contributed by atoms with Crippen molar-refractivity contribution in [1.29, 1.82) is 0 Å². The number of hydrogen-bond acceptors (Lipinski definition) is 3. The highest BCUT2D eigenvalue weighted by Crippen LogP contribution is 2.26. The minimum absolute atomic E-state index is 0.722. The van der Waals surface area contributed by atoms with Gasteiger partial charge in [-0.25, -0.2) is 9.67 Å². The molecule has 0 fully saturated rings. The maximum Gasteiger partial charge on any atom is 0.156 e. The monoisotopic (exact) mass is 327 g/mol. The van der Waals surface area contributed by atoms with E-state index in [0.717, 1.165) is 34.3 Å². The van der Waals surface area contributed by atoms with E-state index < -0.39 is 0 Å². The topological polar surface area (TPSA) is 43.3 Å². The van der Waals surface area contributed by atoms with E-state index in [4.69, 9.17) is 9.52 Å². The van der Waals surface area contributed by atoms with Gasteiger partial charge < -0.3 is 4.42 Å². The van der Waals surface area contributed by atoms with E-state index >= 15 is 0 Å². The van der Waals surface area contributed by atoms with Gasteiger partial charge in [-0.05, 0) is 31.2 Å². The van der Waals surface area contributed by atoms with Gasteiger partial charge in [0, 0.05) is 11.6 Å². The van der Waals surface area contributed by atoms with Gasteiger partial charge in [-0.2, -0.15) is 5.10 Å². The van der Waals surface area contributed by atoms with Crippen LogP contribution in [-0.4, -0.2) is 16.0 Å². The molecule has 0 amide bonds. The predicted molar refractivity (Wildman–Crippen MR) is 99.7 cm³/mol. The molecule has 0 saturated carbocycles. The number of aromatic nitrogens is 2. The SMILES string of the molecule is Cc1ccc(/C=N/c2cc(-c3ccccc3)nn2-c2ccccc2)o1. The first-order valence-electron chi connectivity index (χ1n) is 8.11. The molecule has 122 valence electrons. The van der Waals surface area contributed by atoms with Gasteiger partial charge in [0.15, 0.2) is 5.82 Å². The Morgan fingerprint density at radius 3 is 2.32 bits per heavy atom. The fourth-order valence-electron chi connectivity index (χ4n) is 2.62. The van der Waals surface area contributed by atoms with Gasteiger partial charge >= 0.3 is 0 Å². The Balaban J connectivity index is 1.78. The van der Waals surface area contributed by atoms with Crippen molar-refractivity contribution in [3.05, 3.63) is 90.4 Å². The van der Waals surface area contributed by atoms with Crippen molar-refractivity contribution in [2.45, 2.75) is 6.92 Å². The number of aliphatic imine (C=N–C) groups is 1. The van der Waals surface area contributed by atoms with E-state index in [1.54, 1.807) is 6.21 Å². The molecular weight excluding hydrogens is 310 g/mol. The van der Waals surface area contributed by atoms with Gasteiger partial charge in [-0.3, -0.25) is 0 Å². The van der Waals surface area contributed by atoms with Gasteiger partial charge in [0.05, 0.1) is 17.6 Å². The molecule has 0 N–H and O–H groups in total. The van der Waals surface area contributed by atoms with Crippen LogP contribution in [0.4, 0.5) is 5.82 Å². The lowest BCUT2D eigenvalue weighted by Gasteiger charge is -2.03. The summed E-state index contributed by atoms with van der Waals surface area (Å²) >= 11 is 0. The molecule has 4 rings (SSSR count). The Morgan fingerprint density at radius 2 is 1.64 bits per heavy atom. The van der Waals surface area contributed by atoms with Crippen LogP contribution in [0.3, 0.4) is 0 Å². The first-order chi connectivity index (χ1) is 12.3. The molecule has 0 radical (unpaired) electrons. The first kappa shape index (κ1) is 15.1. The number of aryl methyl sites for hydroxylation is 1. The van der Waals surface area contributed by atoms with Crippen molar-refractivity contribution in [1.82, 2.24) is 9.78 Å². The summed E-state index contributed by atoms with van der Waals surface area (Å²) in [6.07, 6.45) is 1.72. The summed E-state index contributed by atoms with van der Waals surface area (Å²) in [4.78, 5) is 4.59. The zero-order valence-electron chi connectivity index (χ0n) is 13.8. The van der Waals surface area contributed by atoms with E-state index in [0.29, 0.717) is 0 Å². The summed E-state index contributed by atoms with van der Waals surface area (Å²) in [5.74, 6) is 2.33. The van der Waals surface area contributed by atoms with Crippen LogP contribution < -0.4 is 0 Å². The standard InChI is InChI=1S/C21H17N3O/c1-16-12-13-19(25-16)15-22-21-14-20(17-8-4-2-5-9-17)23-24(21)18-10-6-3-7-11-18/h2-15H,1H3/b22-15+. The largest absolute Gasteiger partial charge is 0.460 e. The first-order valence-corrected chi connectivity index (χ1v) is 8.11. The van der Waals surface area contributed by atoms with Crippen LogP contribution in [-0.2, 0) is 0 Å². The van der Waals surface area contributed by atoms with Gasteiger partial charge in [0.2, 0.25) is 0 Å². The number of hydrogen-bond donors (Lipinski definition) is 0. The molecule has 0 atom stereocenters. The molecule has 0 saturated heterocycles. The van der Waals surface area contributed by atoms with Crippen molar-refractivity contribution in [2.75, 3.05) is 0 Å². The molecular formula is C21H17N3O. The van der Waals surface area contributed by atoms with Crippen molar-refractivity contribution < 1.29 is 4.42 Å². The maximum atomic E-state index is 5.56. The second-order valence-electron chi connectivity index (χ2n) is 5.71. The number of benzene rings is 2. The van der Waals surface area contributed by atoms with E-state index in [9.17, 15) is 0 Å². The third kappa shape index (κ3) is 3.28. The molecule has 25 heavy (non-hydrogen) atoms. The highest BCUT2D eigenvalue weighted by atomic mass is 16.3. The van der Waals surface area contributed by atoms with Crippen molar-refractivity contribution >= 4 is 12.0 Å². The molecule has 4 aromatic rings. The summed E-state index contributed by atoms with van der Waals surface area (Å²) < 4.78 is 7.41. The van der Waals surface area contributed by atoms with Crippen LogP contribution in [0.25, 0.3) is 16.9 Å². The van der Waals surface area contributed by atoms with Gasteiger partial charge in [0.25, 0.3) is 0 Å². The minimum Gasteiger partial charge on any atom is -0.460 e. The zero-order chi connectivity index (χ0) is 17.1. The van der Waals surface area contributed by atoms with Gasteiger partial charge in [-0.15, -0.1) is 0 Å². The van der Waals surface area contributed by atoms with Crippen molar-refractivity contribution in [2.24, 2.45) is 4.99 Å². The molecule has 4 nitrogen and oxygen atoms in total. The second-order valence-corrected chi connectivity index (χ2v) is 5.71. The number of furan rings is 1. The molecule has 4 heteroatoms. The molecule has 2 heterocycles. The summed E-state index contributed by atoms with van der Waals surface area (Å²) in [5, 5.41) is 4.74.